The minimum absolute atomic E-state index is 0.400. The molecular weight excluding hydrogens is 380 g/mol. The molecule has 0 spiro atoms. The van der Waals surface area contributed by atoms with Gasteiger partial charge in [0.2, 0.25) is 0 Å². The Morgan fingerprint density at radius 2 is 1.00 bits per heavy atom. The molecule has 0 saturated heterocycles. The Kier molecular flexibility index (Phi) is 4.14. The molecule has 0 unspecified atom stereocenters. The highest BCUT2D eigenvalue weighted by Gasteiger charge is 2.40. The van der Waals surface area contributed by atoms with E-state index in [1.165, 1.54) is 33.4 Å². The molecule has 0 heterocycles. The fourth-order valence-electron chi connectivity index (χ4n) is 5.59. The van der Waals surface area contributed by atoms with E-state index in [0.717, 1.165) is 28.7 Å². The van der Waals surface area contributed by atoms with Crippen LogP contribution < -0.4 is 9.47 Å². The van der Waals surface area contributed by atoms with Gasteiger partial charge < -0.3 is 9.47 Å². The lowest BCUT2D eigenvalue weighted by Gasteiger charge is -2.24. The van der Waals surface area contributed by atoms with E-state index >= 15 is 0 Å². The summed E-state index contributed by atoms with van der Waals surface area (Å²) in [6.07, 6.45) is 5.79. The topological polar surface area (TPSA) is 18.5 Å². The third-order valence-electron chi connectivity index (χ3n) is 6.84. The second-order valence-corrected chi connectivity index (χ2v) is 8.37. The fourth-order valence-corrected chi connectivity index (χ4v) is 5.59. The zero-order chi connectivity index (χ0) is 20.9. The molecule has 2 aliphatic rings. The molecule has 0 radical (unpaired) electrons. The first-order valence-electron chi connectivity index (χ1n) is 10.9. The maximum absolute atomic E-state index is 6.19. The molecule has 2 heteroatoms. The van der Waals surface area contributed by atoms with Gasteiger partial charge in [-0.1, -0.05) is 84.9 Å². The normalized spacial score (nSPS) is 18.4. The lowest BCUT2D eigenvalue weighted by Crippen LogP contribution is -2.04. The Morgan fingerprint density at radius 3 is 1.39 bits per heavy atom. The van der Waals surface area contributed by atoms with Crippen LogP contribution in [-0.2, 0) is 0 Å². The van der Waals surface area contributed by atoms with Crippen LogP contribution in [0.4, 0.5) is 0 Å². The van der Waals surface area contributed by atoms with Crippen LogP contribution in [-0.4, -0.2) is 14.2 Å². The van der Waals surface area contributed by atoms with E-state index in [0.29, 0.717) is 11.8 Å². The summed E-state index contributed by atoms with van der Waals surface area (Å²) in [5.74, 6) is 2.80. The van der Waals surface area contributed by atoms with E-state index in [1.54, 1.807) is 14.2 Å². The van der Waals surface area contributed by atoms with E-state index in [-0.39, 0.29) is 0 Å². The summed E-state index contributed by atoms with van der Waals surface area (Å²) in [5, 5.41) is 2.29. The molecule has 0 N–H and O–H groups in total. The molecule has 0 aromatic heterocycles. The molecule has 2 bridgehead atoms. The van der Waals surface area contributed by atoms with Gasteiger partial charge in [-0.05, 0) is 28.7 Å². The van der Waals surface area contributed by atoms with Gasteiger partial charge >= 0.3 is 0 Å². The molecule has 0 saturated carbocycles. The minimum atomic E-state index is 0.400. The molecule has 152 valence electrons. The smallest absolute Gasteiger partial charge is 0.131 e. The van der Waals surface area contributed by atoms with Crippen molar-refractivity contribution in [1.29, 1.82) is 0 Å². The maximum Gasteiger partial charge on any atom is 0.131 e. The molecule has 2 atom stereocenters. The Bertz CT molecular complexity index is 1220. The van der Waals surface area contributed by atoms with E-state index < -0.39 is 0 Å². The first-order chi connectivity index (χ1) is 15.3. The van der Waals surface area contributed by atoms with Gasteiger partial charge in [-0.25, -0.2) is 0 Å². The van der Waals surface area contributed by atoms with Gasteiger partial charge in [-0.15, -0.1) is 0 Å². The van der Waals surface area contributed by atoms with Gasteiger partial charge in [0.1, 0.15) is 11.5 Å². The Morgan fingerprint density at radius 1 is 0.581 bits per heavy atom. The molecule has 4 aromatic carbocycles. The number of methoxy groups -OCH3 is 2. The lowest BCUT2D eigenvalue weighted by atomic mass is 9.84. The van der Waals surface area contributed by atoms with Crippen LogP contribution in [0.5, 0.6) is 11.5 Å². The number of hydrogen-bond donors (Lipinski definition) is 0. The van der Waals surface area contributed by atoms with E-state index in [2.05, 4.69) is 84.9 Å². The van der Waals surface area contributed by atoms with Gasteiger partial charge in [-0.2, -0.15) is 0 Å². The standard InChI is InChI=1S/C29H24O2/c1-30-28-24-20-13-14-21(17-20)25(24)29(31-2)27-23(19-11-7-4-8-12-19)16-15-22(26(27)28)18-9-5-3-6-10-18/h3-16,20-21H,17H2,1-2H3/t20-,21+. The van der Waals surface area contributed by atoms with Gasteiger partial charge in [0.25, 0.3) is 0 Å². The summed E-state index contributed by atoms with van der Waals surface area (Å²) < 4.78 is 12.4. The number of hydrogen-bond acceptors (Lipinski definition) is 2. The molecule has 6 rings (SSSR count). The number of ether oxygens (including phenoxy) is 2. The predicted octanol–water partition coefficient (Wildman–Crippen LogP) is 7.33. The average Bonchev–Trinajstić information content (AvgIpc) is 3.46. The molecule has 31 heavy (non-hydrogen) atoms. The molecular formula is C29H24O2. The van der Waals surface area contributed by atoms with Gasteiger partial charge in [0.05, 0.1) is 14.2 Å². The summed E-state index contributed by atoms with van der Waals surface area (Å²) >= 11 is 0. The Labute approximate surface area is 182 Å². The second-order valence-electron chi connectivity index (χ2n) is 8.37. The number of allylic oxidation sites excluding steroid dienone is 2. The van der Waals surface area contributed by atoms with Gasteiger partial charge in [-0.3, -0.25) is 0 Å². The number of benzene rings is 4. The van der Waals surface area contributed by atoms with Gasteiger partial charge in [0.15, 0.2) is 0 Å². The Balaban J connectivity index is 1.82. The predicted molar refractivity (Wildman–Crippen MR) is 127 cm³/mol. The molecule has 0 aliphatic heterocycles. The maximum atomic E-state index is 6.19. The van der Waals surface area contributed by atoms with Gasteiger partial charge in [0, 0.05) is 33.7 Å². The van der Waals surface area contributed by atoms with Crippen molar-refractivity contribution >= 4 is 10.8 Å². The van der Waals surface area contributed by atoms with Crippen LogP contribution in [0.15, 0.2) is 84.9 Å². The molecule has 0 amide bonds. The van der Waals surface area contributed by atoms with Crippen molar-refractivity contribution in [1.82, 2.24) is 0 Å². The highest BCUT2D eigenvalue weighted by Crippen LogP contribution is 2.60. The lowest BCUT2D eigenvalue weighted by molar-refractivity contribution is 0.404. The van der Waals surface area contributed by atoms with Crippen LogP contribution in [0.1, 0.15) is 29.4 Å². The van der Waals surface area contributed by atoms with Crippen molar-refractivity contribution in [2.24, 2.45) is 0 Å². The van der Waals surface area contributed by atoms with Crippen molar-refractivity contribution in [3.63, 3.8) is 0 Å². The van der Waals surface area contributed by atoms with E-state index in [1.807, 2.05) is 0 Å². The van der Waals surface area contributed by atoms with Crippen LogP contribution in [0.2, 0.25) is 0 Å². The van der Waals surface area contributed by atoms with Crippen LogP contribution in [0.3, 0.4) is 0 Å². The van der Waals surface area contributed by atoms with E-state index in [4.69, 9.17) is 9.47 Å². The Hall–Kier alpha value is -3.52. The third-order valence-corrected chi connectivity index (χ3v) is 6.84. The summed E-state index contributed by atoms with van der Waals surface area (Å²) in [7, 11) is 3.61. The summed E-state index contributed by atoms with van der Waals surface area (Å²) in [6.45, 7) is 0. The quantitative estimate of drug-likeness (QED) is 0.332. The van der Waals surface area contributed by atoms with Crippen molar-refractivity contribution in [3.8, 4) is 33.8 Å². The highest BCUT2D eigenvalue weighted by atomic mass is 16.5. The molecule has 0 fully saturated rings. The summed E-state index contributed by atoms with van der Waals surface area (Å²) in [5.41, 5.74) is 7.35. The number of rotatable bonds is 4. The zero-order valence-corrected chi connectivity index (χ0v) is 17.8. The molecule has 2 nitrogen and oxygen atoms in total. The fraction of sp³-hybridized carbons (Fsp3) is 0.172. The van der Waals surface area contributed by atoms with Crippen molar-refractivity contribution in [2.75, 3.05) is 14.2 Å². The summed E-state index contributed by atoms with van der Waals surface area (Å²) in [6, 6.07) is 25.6. The minimum Gasteiger partial charge on any atom is -0.496 e. The SMILES string of the molecule is COc1c2c(c(OC)c3c(-c4ccccc4)ccc(-c4ccccc4)c13)[C@H]1C=C[C@@H]2C1. The summed E-state index contributed by atoms with van der Waals surface area (Å²) in [4.78, 5) is 0. The highest BCUT2D eigenvalue weighted by molar-refractivity contribution is 6.13. The molecule has 2 aliphatic carbocycles. The van der Waals surface area contributed by atoms with Crippen molar-refractivity contribution in [3.05, 3.63) is 96.1 Å². The van der Waals surface area contributed by atoms with Crippen molar-refractivity contribution < 1.29 is 9.47 Å². The number of fused-ring (bicyclic) bond motifs is 6. The molecule has 4 aromatic rings. The van der Waals surface area contributed by atoms with Crippen LogP contribution >= 0.6 is 0 Å². The zero-order valence-electron chi connectivity index (χ0n) is 17.8. The second kappa shape index (κ2) is 7.02. The largest absolute Gasteiger partial charge is 0.496 e. The third kappa shape index (κ3) is 2.58. The first-order valence-corrected chi connectivity index (χ1v) is 10.9. The first kappa shape index (κ1) is 18.3. The average molecular weight is 405 g/mol. The van der Waals surface area contributed by atoms with Crippen LogP contribution in [0, 0.1) is 0 Å². The van der Waals surface area contributed by atoms with Crippen molar-refractivity contribution in [2.45, 2.75) is 18.3 Å². The van der Waals surface area contributed by atoms with Crippen LogP contribution in [0.25, 0.3) is 33.0 Å². The monoisotopic (exact) mass is 404 g/mol. The van der Waals surface area contributed by atoms with E-state index in [9.17, 15) is 0 Å².